The number of nitrogens with one attached hydrogen (secondary N) is 1. The van der Waals surface area contributed by atoms with E-state index in [0.717, 1.165) is 0 Å². The molecule has 0 aliphatic rings. The lowest BCUT2D eigenvalue weighted by Gasteiger charge is -2.30. The van der Waals surface area contributed by atoms with Crippen molar-refractivity contribution in [2.75, 3.05) is 11.4 Å². The van der Waals surface area contributed by atoms with Crippen LogP contribution in [-0.2, 0) is 4.79 Å². The van der Waals surface area contributed by atoms with E-state index in [9.17, 15) is 19.1 Å². The molecular formula is C15H21FN2O3. The van der Waals surface area contributed by atoms with Crippen molar-refractivity contribution in [1.82, 2.24) is 5.32 Å². The van der Waals surface area contributed by atoms with Crippen LogP contribution in [0.1, 0.15) is 27.7 Å². The molecule has 0 saturated heterocycles. The normalized spacial score (nSPS) is 12.6. The zero-order chi connectivity index (χ0) is 16.2. The molecule has 0 spiro atoms. The number of carbonyl (C=O) groups is 2. The number of nitrogens with zero attached hydrogens (tertiary/aromatic N) is 1. The number of carboxylic acids is 1. The van der Waals surface area contributed by atoms with Crippen LogP contribution in [0.3, 0.4) is 0 Å². The van der Waals surface area contributed by atoms with Crippen molar-refractivity contribution in [1.29, 1.82) is 0 Å². The third kappa shape index (κ3) is 4.18. The van der Waals surface area contributed by atoms with E-state index in [0.29, 0.717) is 0 Å². The van der Waals surface area contributed by atoms with E-state index in [1.807, 2.05) is 0 Å². The van der Waals surface area contributed by atoms with Crippen LogP contribution in [0.15, 0.2) is 24.3 Å². The Morgan fingerprint density at radius 2 is 1.90 bits per heavy atom. The number of anilines is 1. The highest BCUT2D eigenvalue weighted by molar-refractivity contribution is 5.94. The summed E-state index contributed by atoms with van der Waals surface area (Å²) in [5.41, 5.74) is -0.536. The third-order valence-electron chi connectivity index (χ3n) is 3.09. The molecule has 0 saturated carbocycles. The van der Waals surface area contributed by atoms with Gasteiger partial charge in [-0.1, -0.05) is 32.9 Å². The van der Waals surface area contributed by atoms with Crippen LogP contribution in [0.25, 0.3) is 0 Å². The summed E-state index contributed by atoms with van der Waals surface area (Å²) < 4.78 is 13.8. The van der Waals surface area contributed by atoms with Crippen LogP contribution in [-0.4, -0.2) is 29.7 Å². The lowest BCUT2D eigenvalue weighted by Crippen LogP contribution is -2.53. The number of amides is 2. The molecule has 0 bridgehead atoms. The van der Waals surface area contributed by atoms with E-state index in [1.165, 1.54) is 23.1 Å². The minimum absolute atomic E-state index is 0.121. The average molecular weight is 296 g/mol. The lowest BCUT2D eigenvalue weighted by atomic mass is 9.87. The topological polar surface area (TPSA) is 69.6 Å². The summed E-state index contributed by atoms with van der Waals surface area (Å²) >= 11 is 0. The molecule has 0 aromatic heterocycles. The fraction of sp³-hybridized carbons (Fsp3) is 0.467. The van der Waals surface area contributed by atoms with Crippen molar-refractivity contribution in [3.63, 3.8) is 0 Å². The first-order valence-electron chi connectivity index (χ1n) is 6.73. The van der Waals surface area contributed by atoms with Gasteiger partial charge in [0.05, 0.1) is 5.69 Å². The van der Waals surface area contributed by atoms with Gasteiger partial charge in [-0.3, -0.25) is 4.90 Å². The van der Waals surface area contributed by atoms with Crippen molar-refractivity contribution < 1.29 is 19.1 Å². The zero-order valence-corrected chi connectivity index (χ0v) is 12.7. The summed E-state index contributed by atoms with van der Waals surface area (Å²) in [6, 6.07) is 4.18. The van der Waals surface area contributed by atoms with E-state index in [-0.39, 0.29) is 12.2 Å². The zero-order valence-electron chi connectivity index (χ0n) is 12.7. The number of hydrogen-bond acceptors (Lipinski definition) is 2. The molecule has 116 valence electrons. The Morgan fingerprint density at radius 3 is 2.33 bits per heavy atom. The maximum absolute atomic E-state index is 13.8. The van der Waals surface area contributed by atoms with Crippen LogP contribution in [0.5, 0.6) is 0 Å². The Morgan fingerprint density at radius 1 is 1.33 bits per heavy atom. The number of benzene rings is 1. The van der Waals surface area contributed by atoms with Crippen LogP contribution < -0.4 is 10.2 Å². The average Bonchev–Trinajstić information content (AvgIpc) is 2.37. The molecule has 1 unspecified atom stereocenters. The Labute approximate surface area is 123 Å². The number of hydrogen-bond donors (Lipinski definition) is 2. The fourth-order valence-electron chi connectivity index (χ4n) is 1.94. The van der Waals surface area contributed by atoms with Crippen LogP contribution in [0, 0.1) is 11.2 Å². The molecule has 0 fully saturated rings. The predicted octanol–water partition coefficient (Wildman–Crippen LogP) is 2.86. The second kappa shape index (κ2) is 6.56. The molecule has 0 radical (unpaired) electrons. The summed E-state index contributed by atoms with van der Waals surface area (Å²) in [5.74, 6) is -1.66. The van der Waals surface area contributed by atoms with Gasteiger partial charge in [-0.05, 0) is 24.5 Å². The highest BCUT2D eigenvalue weighted by Gasteiger charge is 2.34. The highest BCUT2D eigenvalue weighted by atomic mass is 19.1. The largest absolute Gasteiger partial charge is 0.480 e. The second-order valence-corrected chi connectivity index (χ2v) is 5.78. The monoisotopic (exact) mass is 296 g/mol. The minimum atomic E-state index is -1.12. The molecule has 2 N–H and O–H groups in total. The van der Waals surface area contributed by atoms with Crippen LogP contribution >= 0.6 is 0 Å². The molecule has 5 nitrogen and oxygen atoms in total. The molecule has 0 aliphatic carbocycles. The molecule has 0 aliphatic heterocycles. The molecule has 21 heavy (non-hydrogen) atoms. The first-order valence-corrected chi connectivity index (χ1v) is 6.73. The number of carbonyl (C=O) groups excluding carboxylic acids is 1. The van der Waals surface area contributed by atoms with Crippen molar-refractivity contribution in [2.45, 2.75) is 33.7 Å². The van der Waals surface area contributed by atoms with Gasteiger partial charge < -0.3 is 10.4 Å². The van der Waals surface area contributed by atoms with E-state index >= 15 is 0 Å². The molecule has 1 atom stereocenters. The van der Waals surface area contributed by atoms with Gasteiger partial charge in [0.1, 0.15) is 11.9 Å². The van der Waals surface area contributed by atoms with Crippen molar-refractivity contribution >= 4 is 17.7 Å². The number of carboxylic acid groups (broad SMARTS) is 1. The van der Waals surface area contributed by atoms with Gasteiger partial charge in [0.15, 0.2) is 0 Å². The standard InChI is InChI=1S/C15H21FN2O3/c1-5-18(11-9-7-6-8-10(11)16)14(21)17-12(13(19)20)15(2,3)4/h6-9,12H,5H2,1-4H3,(H,17,21)(H,19,20). The van der Waals surface area contributed by atoms with Gasteiger partial charge in [0.2, 0.25) is 0 Å². The first-order chi connectivity index (χ1) is 9.68. The summed E-state index contributed by atoms with van der Waals surface area (Å²) in [4.78, 5) is 24.7. The molecule has 1 rings (SSSR count). The summed E-state index contributed by atoms with van der Waals surface area (Å²) in [7, 11) is 0. The molecular weight excluding hydrogens is 275 g/mol. The molecule has 1 aromatic carbocycles. The summed E-state index contributed by atoms with van der Waals surface area (Å²) in [6.07, 6.45) is 0. The van der Waals surface area contributed by atoms with Gasteiger partial charge in [0, 0.05) is 6.54 Å². The number of urea groups is 1. The molecule has 0 heterocycles. The quantitative estimate of drug-likeness (QED) is 0.897. The van der Waals surface area contributed by atoms with Gasteiger partial charge >= 0.3 is 12.0 Å². The van der Waals surface area contributed by atoms with E-state index in [1.54, 1.807) is 33.8 Å². The van der Waals surface area contributed by atoms with Crippen molar-refractivity contribution in [3.05, 3.63) is 30.1 Å². The fourth-order valence-corrected chi connectivity index (χ4v) is 1.94. The first kappa shape index (κ1) is 16.9. The van der Waals surface area contributed by atoms with Gasteiger partial charge in [-0.15, -0.1) is 0 Å². The minimum Gasteiger partial charge on any atom is -0.480 e. The Balaban J connectivity index is 3.00. The molecule has 6 heteroatoms. The second-order valence-electron chi connectivity index (χ2n) is 5.78. The molecule has 2 amide bonds. The number of halogens is 1. The molecule has 1 aromatic rings. The Kier molecular flexibility index (Phi) is 5.29. The Hall–Kier alpha value is -2.11. The highest BCUT2D eigenvalue weighted by Crippen LogP contribution is 2.22. The maximum atomic E-state index is 13.8. The van der Waals surface area contributed by atoms with Gasteiger partial charge in [-0.2, -0.15) is 0 Å². The van der Waals surface area contributed by atoms with Crippen LogP contribution in [0.2, 0.25) is 0 Å². The predicted molar refractivity (Wildman–Crippen MR) is 78.8 cm³/mol. The number of para-hydroxylation sites is 1. The van der Waals surface area contributed by atoms with Crippen molar-refractivity contribution in [3.8, 4) is 0 Å². The van der Waals surface area contributed by atoms with Crippen LogP contribution in [0.4, 0.5) is 14.9 Å². The van der Waals surface area contributed by atoms with Crippen molar-refractivity contribution in [2.24, 2.45) is 5.41 Å². The Bertz CT molecular complexity index is 526. The summed E-state index contributed by atoms with van der Waals surface area (Å²) in [5, 5.41) is 11.7. The third-order valence-corrected chi connectivity index (χ3v) is 3.09. The number of rotatable bonds is 4. The summed E-state index contributed by atoms with van der Waals surface area (Å²) in [6.45, 7) is 7.06. The van der Waals surface area contributed by atoms with Gasteiger partial charge in [-0.25, -0.2) is 14.0 Å². The van der Waals surface area contributed by atoms with Gasteiger partial charge in [0.25, 0.3) is 0 Å². The maximum Gasteiger partial charge on any atom is 0.326 e. The van der Waals surface area contributed by atoms with E-state index in [2.05, 4.69) is 5.32 Å². The lowest BCUT2D eigenvalue weighted by molar-refractivity contribution is -0.141. The van der Waals surface area contributed by atoms with E-state index < -0.39 is 29.3 Å². The smallest absolute Gasteiger partial charge is 0.326 e. The van der Waals surface area contributed by atoms with E-state index in [4.69, 9.17) is 0 Å². The number of aliphatic carboxylic acids is 1. The SMILES string of the molecule is CCN(C(=O)NC(C(=O)O)C(C)(C)C)c1ccccc1F.